The maximum Gasteiger partial charge on any atom is 0.161 e. The van der Waals surface area contributed by atoms with Crippen LogP contribution in [0.3, 0.4) is 0 Å². The van der Waals surface area contributed by atoms with Crippen molar-refractivity contribution >= 4 is 27.6 Å². The Hall–Kier alpha value is -3.21. The first-order valence-corrected chi connectivity index (χ1v) is 10.9. The average Bonchev–Trinajstić information content (AvgIpc) is 3.30. The molecule has 0 amide bonds. The molecular weight excluding hydrogens is 388 g/mol. The zero-order valence-corrected chi connectivity index (χ0v) is 18.4. The van der Waals surface area contributed by atoms with E-state index in [2.05, 4.69) is 30.1 Å². The van der Waals surface area contributed by atoms with Gasteiger partial charge in [0.1, 0.15) is 11.4 Å². The van der Waals surface area contributed by atoms with Crippen molar-refractivity contribution in [3.05, 3.63) is 48.9 Å². The van der Waals surface area contributed by atoms with Crippen molar-refractivity contribution in [2.24, 2.45) is 0 Å². The van der Waals surface area contributed by atoms with Crippen LogP contribution < -0.4 is 14.4 Å². The summed E-state index contributed by atoms with van der Waals surface area (Å²) in [5.74, 6) is 2.43. The predicted molar refractivity (Wildman–Crippen MR) is 125 cm³/mol. The standard InChI is InChI=1S/C26H28N2O3/c1-28(20-7-5-4-6-8-20)24-10-9-18(16-27-24)25-21-15-23(30-3)22(29-2)14-19(21)13-17-11-12-31-26(17)25/h9-16,20H,4-8H2,1-3H3. The first kappa shape index (κ1) is 19.7. The fourth-order valence-electron chi connectivity index (χ4n) is 4.84. The molecular formula is C26H28N2O3. The van der Waals surface area contributed by atoms with Crippen LogP contribution in [0.15, 0.2) is 53.3 Å². The zero-order chi connectivity index (χ0) is 21.4. The molecule has 0 spiro atoms. The number of anilines is 1. The Morgan fingerprint density at radius 3 is 2.42 bits per heavy atom. The van der Waals surface area contributed by atoms with Crippen molar-refractivity contribution in [2.75, 3.05) is 26.2 Å². The number of methoxy groups -OCH3 is 2. The lowest BCUT2D eigenvalue weighted by Gasteiger charge is -2.32. The molecule has 2 aromatic heterocycles. The number of hydrogen-bond acceptors (Lipinski definition) is 5. The van der Waals surface area contributed by atoms with Crippen molar-refractivity contribution in [3.63, 3.8) is 0 Å². The van der Waals surface area contributed by atoms with Crippen LogP contribution in [0.25, 0.3) is 32.9 Å². The summed E-state index contributed by atoms with van der Waals surface area (Å²) in [6, 6.07) is 13.0. The van der Waals surface area contributed by atoms with Crippen LogP contribution in [0.1, 0.15) is 32.1 Å². The van der Waals surface area contributed by atoms with Crippen molar-refractivity contribution < 1.29 is 13.9 Å². The van der Waals surface area contributed by atoms with E-state index in [4.69, 9.17) is 18.9 Å². The molecule has 1 saturated carbocycles. The highest BCUT2D eigenvalue weighted by atomic mass is 16.5. The zero-order valence-electron chi connectivity index (χ0n) is 18.4. The largest absolute Gasteiger partial charge is 0.493 e. The summed E-state index contributed by atoms with van der Waals surface area (Å²) in [6.07, 6.45) is 10.2. The van der Waals surface area contributed by atoms with Gasteiger partial charge in [0.2, 0.25) is 0 Å². The Balaban J connectivity index is 1.62. The monoisotopic (exact) mass is 416 g/mol. The first-order valence-electron chi connectivity index (χ1n) is 10.9. The van der Waals surface area contributed by atoms with Gasteiger partial charge >= 0.3 is 0 Å². The molecule has 2 aromatic carbocycles. The summed E-state index contributed by atoms with van der Waals surface area (Å²) in [7, 11) is 5.48. The quantitative estimate of drug-likeness (QED) is 0.375. The van der Waals surface area contributed by atoms with E-state index in [0.717, 1.165) is 38.7 Å². The second-order valence-electron chi connectivity index (χ2n) is 8.33. The molecule has 4 aromatic rings. The van der Waals surface area contributed by atoms with E-state index in [1.54, 1.807) is 20.5 Å². The number of rotatable bonds is 5. The Labute approximate surface area is 182 Å². The van der Waals surface area contributed by atoms with Crippen molar-refractivity contribution in [3.8, 4) is 22.6 Å². The van der Waals surface area contributed by atoms with E-state index >= 15 is 0 Å². The van der Waals surface area contributed by atoms with Crippen LogP contribution >= 0.6 is 0 Å². The summed E-state index contributed by atoms with van der Waals surface area (Å²) in [5.41, 5.74) is 2.91. The minimum absolute atomic E-state index is 0.582. The van der Waals surface area contributed by atoms with Crippen molar-refractivity contribution in [1.29, 1.82) is 0 Å². The molecule has 160 valence electrons. The number of nitrogens with zero attached hydrogens (tertiary/aromatic N) is 2. The maximum atomic E-state index is 5.90. The third-order valence-corrected chi connectivity index (χ3v) is 6.58. The van der Waals surface area contributed by atoms with Crippen LogP contribution in [0, 0.1) is 0 Å². The number of aromatic nitrogens is 1. The summed E-state index contributed by atoms with van der Waals surface area (Å²) < 4.78 is 17.0. The number of pyridine rings is 1. The molecule has 5 heteroatoms. The van der Waals surface area contributed by atoms with Crippen LogP contribution in [0.4, 0.5) is 5.82 Å². The van der Waals surface area contributed by atoms with Crippen LogP contribution in [-0.4, -0.2) is 32.3 Å². The second-order valence-corrected chi connectivity index (χ2v) is 8.33. The first-order chi connectivity index (χ1) is 15.2. The summed E-state index contributed by atoms with van der Waals surface area (Å²) >= 11 is 0. The fraction of sp³-hybridized carbons (Fsp3) is 0.346. The highest BCUT2D eigenvalue weighted by Crippen LogP contribution is 2.41. The molecule has 0 radical (unpaired) electrons. The van der Waals surface area contributed by atoms with Crippen molar-refractivity contribution in [1.82, 2.24) is 4.98 Å². The van der Waals surface area contributed by atoms with Gasteiger partial charge in [-0.1, -0.05) is 19.3 Å². The molecule has 0 unspecified atom stereocenters. The van der Waals surface area contributed by atoms with Gasteiger partial charge in [-0.05, 0) is 60.0 Å². The molecule has 31 heavy (non-hydrogen) atoms. The summed E-state index contributed by atoms with van der Waals surface area (Å²) in [6.45, 7) is 0. The maximum absolute atomic E-state index is 5.90. The topological polar surface area (TPSA) is 47.7 Å². The number of benzene rings is 2. The van der Waals surface area contributed by atoms with Gasteiger partial charge < -0.3 is 18.8 Å². The molecule has 0 saturated heterocycles. The minimum Gasteiger partial charge on any atom is -0.493 e. The molecule has 5 rings (SSSR count). The molecule has 0 bridgehead atoms. The third kappa shape index (κ3) is 3.48. The number of fused-ring (bicyclic) bond motifs is 2. The van der Waals surface area contributed by atoms with Crippen LogP contribution in [0.5, 0.6) is 11.5 Å². The van der Waals surface area contributed by atoms with Gasteiger partial charge in [-0.25, -0.2) is 4.98 Å². The number of hydrogen-bond donors (Lipinski definition) is 0. The Morgan fingerprint density at radius 2 is 1.71 bits per heavy atom. The Kier molecular flexibility index (Phi) is 5.18. The second kappa shape index (κ2) is 8.14. The van der Waals surface area contributed by atoms with E-state index in [-0.39, 0.29) is 0 Å². The van der Waals surface area contributed by atoms with E-state index < -0.39 is 0 Å². The van der Waals surface area contributed by atoms with Gasteiger partial charge in [-0.2, -0.15) is 0 Å². The average molecular weight is 417 g/mol. The van der Waals surface area contributed by atoms with E-state index in [1.807, 2.05) is 24.4 Å². The SMILES string of the molecule is COc1cc2cc3ccoc3c(-c3ccc(N(C)C4CCCCC4)nc3)c2cc1OC. The van der Waals surface area contributed by atoms with Gasteiger partial charge in [-0.15, -0.1) is 0 Å². The number of ether oxygens (including phenoxy) is 2. The van der Waals surface area contributed by atoms with Gasteiger partial charge in [0, 0.05) is 35.8 Å². The van der Waals surface area contributed by atoms with Gasteiger partial charge in [-0.3, -0.25) is 0 Å². The van der Waals surface area contributed by atoms with E-state index in [9.17, 15) is 0 Å². The lowest BCUT2D eigenvalue weighted by Crippen LogP contribution is -2.33. The van der Waals surface area contributed by atoms with Gasteiger partial charge in [0.15, 0.2) is 11.5 Å². The molecule has 1 aliphatic carbocycles. The smallest absolute Gasteiger partial charge is 0.161 e. The minimum atomic E-state index is 0.582. The Morgan fingerprint density at radius 1 is 0.935 bits per heavy atom. The normalized spacial score (nSPS) is 14.8. The molecule has 1 fully saturated rings. The highest BCUT2D eigenvalue weighted by molar-refractivity contribution is 6.11. The van der Waals surface area contributed by atoms with E-state index in [0.29, 0.717) is 17.5 Å². The summed E-state index contributed by atoms with van der Waals surface area (Å²) in [5, 5.41) is 3.18. The van der Waals surface area contributed by atoms with Crippen LogP contribution in [-0.2, 0) is 0 Å². The molecule has 1 aliphatic rings. The van der Waals surface area contributed by atoms with Gasteiger partial charge in [0.25, 0.3) is 0 Å². The molecule has 0 N–H and O–H groups in total. The van der Waals surface area contributed by atoms with Gasteiger partial charge in [0.05, 0.1) is 20.5 Å². The number of furan rings is 1. The fourth-order valence-corrected chi connectivity index (χ4v) is 4.84. The molecule has 2 heterocycles. The third-order valence-electron chi connectivity index (χ3n) is 6.58. The van der Waals surface area contributed by atoms with E-state index in [1.165, 1.54) is 32.1 Å². The lowest BCUT2D eigenvalue weighted by molar-refractivity contribution is 0.356. The predicted octanol–water partition coefficient (Wildman–Crippen LogP) is 6.43. The summed E-state index contributed by atoms with van der Waals surface area (Å²) in [4.78, 5) is 7.17. The Bertz CT molecular complexity index is 1210. The molecule has 0 atom stereocenters. The highest BCUT2D eigenvalue weighted by Gasteiger charge is 2.20. The lowest BCUT2D eigenvalue weighted by atomic mass is 9.94. The molecule has 0 aliphatic heterocycles. The van der Waals surface area contributed by atoms with Crippen LogP contribution in [0.2, 0.25) is 0 Å². The molecule has 5 nitrogen and oxygen atoms in total. The van der Waals surface area contributed by atoms with Crippen molar-refractivity contribution in [2.45, 2.75) is 38.1 Å².